The molecule has 0 saturated heterocycles. The molecule has 0 fully saturated rings. The Morgan fingerprint density at radius 2 is 2.00 bits per heavy atom. The lowest BCUT2D eigenvalue weighted by molar-refractivity contribution is -0.286. The molecule has 20 heavy (non-hydrogen) atoms. The summed E-state index contributed by atoms with van der Waals surface area (Å²) in [6.07, 6.45) is -2.59. The van der Waals surface area contributed by atoms with Crippen LogP contribution in [-0.4, -0.2) is 25.8 Å². The number of anilines is 1. The van der Waals surface area contributed by atoms with Crippen LogP contribution >= 0.6 is 12.4 Å². The first-order valence-corrected chi connectivity index (χ1v) is 5.84. The molecule has 0 aliphatic carbocycles. The van der Waals surface area contributed by atoms with E-state index < -0.39 is 6.29 Å². The Morgan fingerprint density at radius 1 is 1.30 bits per heavy atom. The molecule has 0 aromatic heterocycles. The highest BCUT2D eigenvalue weighted by molar-refractivity contribution is 5.91. The maximum absolute atomic E-state index is 12.8. The number of fused-ring (bicyclic) bond motifs is 1. The van der Waals surface area contributed by atoms with Gasteiger partial charge in [-0.3, -0.25) is 4.79 Å². The second-order valence-electron chi connectivity index (χ2n) is 4.08. The van der Waals surface area contributed by atoms with Crippen molar-refractivity contribution in [1.82, 2.24) is 5.32 Å². The Bertz CT molecular complexity index is 486. The molecule has 0 atom stereocenters. The van der Waals surface area contributed by atoms with E-state index in [4.69, 9.17) is 0 Å². The van der Waals surface area contributed by atoms with Crippen LogP contribution in [-0.2, 0) is 4.79 Å². The first kappa shape index (κ1) is 16.5. The monoisotopic (exact) mass is 308 g/mol. The van der Waals surface area contributed by atoms with Gasteiger partial charge in [-0.2, -0.15) is 0 Å². The average molecular weight is 309 g/mol. The van der Waals surface area contributed by atoms with E-state index in [1.54, 1.807) is 7.05 Å². The standard InChI is InChI=1S/C12H14F2N2O3.ClH/c1-15-6-2-3-11(17)16-8-4-5-9-10(7-8)19-12(13,14)18-9;/h4-5,7,15H,2-3,6H2,1H3,(H,16,17);1H. The highest BCUT2D eigenvalue weighted by Crippen LogP contribution is 2.42. The second-order valence-corrected chi connectivity index (χ2v) is 4.08. The molecule has 0 radical (unpaired) electrons. The van der Waals surface area contributed by atoms with Crippen LogP contribution in [0.15, 0.2) is 18.2 Å². The summed E-state index contributed by atoms with van der Waals surface area (Å²) in [6, 6.07) is 4.13. The number of ether oxygens (including phenoxy) is 2. The first-order chi connectivity index (χ1) is 9.00. The van der Waals surface area contributed by atoms with Gasteiger partial charge in [-0.05, 0) is 32.1 Å². The summed E-state index contributed by atoms with van der Waals surface area (Å²) in [7, 11) is 1.80. The van der Waals surface area contributed by atoms with Gasteiger partial charge in [-0.25, -0.2) is 0 Å². The van der Waals surface area contributed by atoms with Crippen LogP contribution in [0, 0.1) is 0 Å². The molecule has 1 aliphatic heterocycles. The van der Waals surface area contributed by atoms with Crippen LogP contribution in [0.5, 0.6) is 11.5 Å². The predicted octanol–water partition coefficient (Wildman–Crippen LogP) is 2.37. The summed E-state index contributed by atoms with van der Waals surface area (Å²) in [6.45, 7) is 0.737. The predicted molar refractivity (Wildman–Crippen MR) is 71.7 cm³/mol. The molecule has 5 nitrogen and oxygen atoms in total. The number of benzene rings is 1. The Morgan fingerprint density at radius 3 is 2.70 bits per heavy atom. The van der Waals surface area contributed by atoms with E-state index >= 15 is 0 Å². The van der Waals surface area contributed by atoms with Crippen LogP contribution in [0.2, 0.25) is 0 Å². The van der Waals surface area contributed by atoms with Gasteiger partial charge in [-0.15, -0.1) is 21.2 Å². The lowest BCUT2D eigenvalue weighted by Crippen LogP contribution is -2.25. The van der Waals surface area contributed by atoms with Crippen molar-refractivity contribution < 1.29 is 23.0 Å². The van der Waals surface area contributed by atoms with Gasteiger partial charge in [0.15, 0.2) is 11.5 Å². The van der Waals surface area contributed by atoms with Gasteiger partial charge in [0, 0.05) is 18.2 Å². The number of alkyl halides is 2. The van der Waals surface area contributed by atoms with E-state index in [9.17, 15) is 13.6 Å². The summed E-state index contributed by atoms with van der Waals surface area (Å²) >= 11 is 0. The van der Waals surface area contributed by atoms with Gasteiger partial charge in [0.05, 0.1) is 0 Å². The number of amides is 1. The SMILES string of the molecule is CNCCCC(=O)Nc1ccc2c(c1)OC(F)(F)O2.Cl. The van der Waals surface area contributed by atoms with Crippen LogP contribution in [0.25, 0.3) is 0 Å². The zero-order valence-electron chi connectivity index (χ0n) is 10.7. The van der Waals surface area contributed by atoms with Crippen molar-refractivity contribution in [2.45, 2.75) is 19.1 Å². The lowest BCUT2D eigenvalue weighted by Gasteiger charge is -2.06. The summed E-state index contributed by atoms with van der Waals surface area (Å²) in [4.78, 5) is 11.6. The maximum atomic E-state index is 12.8. The van der Waals surface area contributed by atoms with Crippen molar-refractivity contribution in [3.05, 3.63) is 18.2 Å². The highest BCUT2D eigenvalue weighted by Gasteiger charge is 2.43. The lowest BCUT2D eigenvalue weighted by atomic mass is 10.2. The fraction of sp³-hybridized carbons (Fsp3) is 0.417. The smallest absolute Gasteiger partial charge is 0.395 e. The number of carbonyl (C=O) groups is 1. The van der Waals surface area contributed by atoms with E-state index in [2.05, 4.69) is 20.1 Å². The van der Waals surface area contributed by atoms with Gasteiger partial charge >= 0.3 is 6.29 Å². The number of halogens is 3. The quantitative estimate of drug-likeness (QED) is 0.820. The number of carbonyl (C=O) groups excluding carboxylic acids is 1. The second kappa shape index (κ2) is 6.71. The third-order valence-corrected chi connectivity index (χ3v) is 2.52. The molecule has 0 spiro atoms. The van der Waals surface area contributed by atoms with E-state index in [0.717, 1.165) is 6.54 Å². The normalized spacial score (nSPS) is 14.6. The van der Waals surface area contributed by atoms with Crippen molar-refractivity contribution >= 4 is 24.0 Å². The Kier molecular flexibility index (Phi) is 5.52. The van der Waals surface area contributed by atoms with E-state index in [1.165, 1.54) is 18.2 Å². The minimum Gasteiger partial charge on any atom is -0.395 e. The molecule has 112 valence electrons. The molecule has 1 aromatic rings. The fourth-order valence-corrected chi connectivity index (χ4v) is 1.68. The van der Waals surface area contributed by atoms with Gasteiger partial charge in [0.1, 0.15) is 0 Å². The molecule has 2 rings (SSSR count). The number of hydrogen-bond donors (Lipinski definition) is 2. The molecular weight excluding hydrogens is 294 g/mol. The molecule has 1 heterocycles. The Hall–Kier alpha value is -1.60. The zero-order valence-corrected chi connectivity index (χ0v) is 11.6. The number of rotatable bonds is 5. The molecule has 0 bridgehead atoms. The summed E-state index contributed by atoms with van der Waals surface area (Å²) in [5, 5.41) is 5.54. The summed E-state index contributed by atoms with van der Waals surface area (Å²) in [5.41, 5.74) is 0.398. The number of nitrogens with one attached hydrogen (secondary N) is 2. The topological polar surface area (TPSA) is 59.6 Å². The van der Waals surface area contributed by atoms with Gasteiger partial charge in [-0.1, -0.05) is 0 Å². The van der Waals surface area contributed by atoms with Crippen LogP contribution < -0.4 is 20.1 Å². The average Bonchev–Trinajstić information content (AvgIpc) is 2.62. The van der Waals surface area contributed by atoms with Crippen LogP contribution in [0.3, 0.4) is 0 Å². The molecule has 2 N–H and O–H groups in total. The highest BCUT2D eigenvalue weighted by atomic mass is 35.5. The van der Waals surface area contributed by atoms with Crippen LogP contribution in [0.4, 0.5) is 14.5 Å². The first-order valence-electron chi connectivity index (χ1n) is 5.84. The molecule has 1 amide bonds. The maximum Gasteiger partial charge on any atom is 0.586 e. The van der Waals surface area contributed by atoms with Gasteiger partial charge in [0.25, 0.3) is 0 Å². The minimum absolute atomic E-state index is 0. The van der Waals surface area contributed by atoms with Crippen molar-refractivity contribution in [3.63, 3.8) is 0 Å². The molecule has 8 heteroatoms. The summed E-state index contributed by atoms with van der Waals surface area (Å²) < 4.78 is 34.2. The third kappa shape index (κ3) is 4.21. The van der Waals surface area contributed by atoms with E-state index in [1.807, 2.05) is 0 Å². The van der Waals surface area contributed by atoms with Crippen molar-refractivity contribution in [2.24, 2.45) is 0 Å². The molecule has 0 saturated carbocycles. The summed E-state index contributed by atoms with van der Waals surface area (Å²) in [5.74, 6) is -0.308. The van der Waals surface area contributed by atoms with Crippen molar-refractivity contribution in [2.75, 3.05) is 18.9 Å². The van der Waals surface area contributed by atoms with E-state index in [0.29, 0.717) is 18.5 Å². The molecule has 1 aliphatic rings. The molecular formula is C12H15ClF2N2O3. The Labute approximate surface area is 121 Å². The Balaban J connectivity index is 0.00000200. The zero-order chi connectivity index (χ0) is 13.9. The molecule has 1 aromatic carbocycles. The minimum atomic E-state index is -3.64. The molecule has 0 unspecified atom stereocenters. The van der Waals surface area contributed by atoms with Crippen molar-refractivity contribution in [3.8, 4) is 11.5 Å². The van der Waals surface area contributed by atoms with Gasteiger partial charge < -0.3 is 20.1 Å². The van der Waals surface area contributed by atoms with Crippen molar-refractivity contribution in [1.29, 1.82) is 0 Å². The fourth-order valence-electron chi connectivity index (χ4n) is 1.68. The number of hydrogen-bond acceptors (Lipinski definition) is 4. The largest absolute Gasteiger partial charge is 0.586 e. The van der Waals surface area contributed by atoms with Crippen LogP contribution in [0.1, 0.15) is 12.8 Å². The van der Waals surface area contributed by atoms with E-state index in [-0.39, 0.29) is 29.8 Å². The van der Waals surface area contributed by atoms with Gasteiger partial charge in [0.2, 0.25) is 5.91 Å². The third-order valence-electron chi connectivity index (χ3n) is 2.52.